The number of ether oxygens (including phenoxy) is 2. The normalized spacial score (nSPS) is 10.2. The van der Waals surface area contributed by atoms with E-state index in [9.17, 15) is 0 Å². The molecule has 0 saturated carbocycles. The molecule has 0 spiro atoms. The molecule has 110 valence electrons. The molecule has 2 aromatic rings. The third kappa shape index (κ3) is 3.88. The Bertz CT molecular complexity index is 585. The highest BCUT2D eigenvalue weighted by molar-refractivity contribution is 5.69. The summed E-state index contributed by atoms with van der Waals surface area (Å²) in [5.41, 5.74) is 3.77. The van der Waals surface area contributed by atoms with Gasteiger partial charge in [-0.3, -0.25) is 0 Å². The van der Waals surface area contributed by atoms with Crippen LogP contribution in [0.1, 0.15) is 18.9 Å². The molecule has 0 aliphatic heterocycles. The predicted molar refractivity (Wildman–Crippen MR) is 88.1 cm³/mol. The third-order valence-corrected chi connectivity index (χ3v) is 3.36. The van der Waals surface area contributed by atoms with Gasteiger partial charge >= 0.3 is 0 Å². The fraction of sp³-hybridized carbons (Fsp3) is 0.263. The standard InChI is InChI=1S/C19H22O2/c1-4-6-16-14-18(20-3)11-12-19(16)15-7-9-17(10-8-15)21-13-5-2/h5,7-12,14H,2,4,6,13H2,1,3H3. The number of benzene rings is 2. The summed E-state index contributed by atoms with van der Waals surface area (Å²) in [5, 5.41) is 0. The zero-order valence-electron chi connectivity index (χ0n) is 12.8. The second-order valence-electron chi connectivity index (χ2n) is 4.90. The number of rotatable bonds is 7. The fourth-order valence-electron chi connectivity index (χ4n) is 2.34. The molecule has 0 aliphatic carbocycles. The molecule has 0 aliphatic rings. The van der Waals surface area contributed by atoms with Gasteiger partial charge in [-0.05, 0) is 47.4 Å². The van der Waals surface area contributed by atoms with Gasteiger partial charge in [-0.1, -0.05) is 44.2 Å². The molecular weight excluding hydrogens is 260 g/mol. The molecule has 0 fully saturated rings. The molecule has 0 bridgehead atoms. The van der Waals surface area contributed by atoms with Crippen molar-refractivity contribution in [2.24, 2.45) is 0 Å². The highest BCUT2D eigenvalue weighted by atomic mass is 16.5. The van der Waals surface area contributed by atoms with Gasteiger partial charge in [-0.2, -0.15) is 0 Å². The largest absolute Gasteiger partial charge is 0.497 e. The van der Waals surface area contributed by atoms with Crippen LogP contribution in [0.3, 0.4) is 0 Å². The maximum Gasteiger partial charge on any atom is 0.119 e. The van der Waals surface area contributed by atoms with Gasteiger partial charge in [-0.15, -0.1) is 0 Å². The van der Waals surface area contributed by atoms with E-state index in [1.54, 1.807) is 13.2 Å². The van der Waals surface area contributed by atoms with Crippen LogP contribution in [-0.4, -0.2) is 13.7 Å². The highest BCUT2D eigenvalue weighted by Crippen LogP contribution is 2.29. The smallest absolute Gasteiger partial charge is 0.119 e. The summed E-state index contributed by atoms with van der Waals surface area (Å²) >= 11 is 0. The second-order valence-corrected chi connectivity index (χ2v) is 4.90. The van der Waals surface area contributed by atoms with Crippen LogP contribution in [0.4, 0.5) is 0 Å². The van der Waals surface area contributed by atoms with Crippen molar-refractivity contribution in [1.82, 2.24) is 0 Å². The van der Waals surface area contributed by atoms with Crippen molar-refractivity contribution in [1.29, 1.82) is 0 Å². The quantitative estimate of drug-likeness (QED) is 0.674. The molecule has 0 N–H and O–H groups in total. The monoisotopic (exact) mass is 282 g/mol. The van der Waals surface area contributed by atoms with Crippen LogP contribution in [0.15, 0.2) is 55.1 Å². The van der Waals surface area contributed by atoms with E-state index in [4.69, 9.17) is 9.47 Å². The minimum atomic E-state index is 0.531. The van der Waals surface area contributed by atoms with Crippen LogP contribution in [0, 0.1) is 0 Å². The van der Waals surface area contributed by atoms with Crippen LogP contribution in [0.5, 0.6) is 11.5 Å². The SMILES string of the molecule is C=CCOc1ccc(-c2ccc(OC)cc2CCC)cc1. The van der Waals surface area contributed by atoms with Gasteiger partial charge in [0.1, 0.15) is 18.1 Å². The maximum absolute atomic E-state index is 5.52. The van der Waals surface area contributed by atoms with Crippen LogP contribution in [0.2, 0.25) is 0 Å². The predicted octanol–water partition coefficient (Wildman–Crippen LogP) is 4.88. The first kappa shape index (κ1) is 15.2. The summed E-state index contributed by atoms with van der Waals surface area (Å²) in [6.45, 7) is 6.37. The first-order valence-electron chi connectivity index (χ1n) is 7.29. The molecule has 0 radical (unpaired) electrons. The van der Waals surface area contributed by atoms with Gasteiger partial charge in [0.25, 0.3) is 0 Å². The van der Waals surface area contributed by atoms with E-state index in [2.05, 4.69) is 37.8 Å². The Hall–Kier alpha value is -2.22. The zero-order valence-corrected chi connectivity index (χ0v) is 12.8. The molecule has 2 heteroatoms. The molecule has 0 aromatic heterocycles. The Morgan fingerprint density at radius 2 is 1.76 bits per heavy atom. The minimum Gasteiger partial charge on any atom is -0.497 e. The van der Waals surface area contributed by atoms with Gasteiger partial charge in [0.15, 0.2) is 0 Å². The summed E-state index contributed by atoms with van der Waals surface area (Å²) in [6, 6.07) is 14.5. The van der Waals surface area contributed by atoms with Crippen LogP contribution >= 0.6 is 0 Å². The topological polar surface area (TPSA) is 18.5 Å². The lowest BCUT2D eigenvalue weighted by molar-refractivity contribution is 0.363. The molecule has 2 aromatic carbocycles. The van der Waals surface area contributed by atoms with Crippen LogP contribution in [-0.2, 0) is 6.42 Å². The van der Waals surface area contributed by atoms with E-state index in [0.717, 1.165) is 24.3 Å². The second kappa shape index (κ2) is 7.53. The molecule has 0 unspecified atom stereocenters. The molecule has 0 atom stereocenters. The molecule has 0 saturated heterocycles. The lowest BCUT2D eigenvalue weighted by Crippen LogP contribution is -1.94. The van der Waals surface area contributed by atoms with E-state index >= 15 is 0 Å². The molecule has 0 heterocycles. The molecule has 2 nitrogen and oxygen atoms in total. The number of methoxy groups -OCH3 is 1. The number of hydrogen-bond donors (Lipinski definition) is 0. The third-order valence-electron chi connectivity index (χ3n) is 3.36. The number of aryl methyl sites for hydroxylation is 1. The molecule has 2 rings (SSSR count). The number of hydrogen-bond acceptors (Lipinski definition) is 2. The molecular formula is C19H22O2. The Kier molecular flexibility index (Phi) is 5.44. The highest BCUT2D eigenvalue weighted by Gasteiger charge is 2.06. The van der Waals surface area contributed by atoms with Crippen molar-refractivity contribution in [3.63, 3.8) is 0 Å². The van der Waals surface area contributed by atoms with E-state index in [0.29, 0.717) is 6.61 Å². The van der Waals surface area contributed by atoms with Crippen LogP contribution < -0.4 is 9.47 Å². The summed E-state index contributed by atoms with van der Waals surface area (Å²) in [5.74, 6) is 1.78. The summed E-state index contributed by atoms with van der Waals surface area (Å²) in [7, 11) is 1.70. The fourth-order valence-corrected chi connectivity index (χ4v) is 2.34. The Labute approximate surface area is 127 Å². The molecule has 21 heavy (non-hydrogen) atoms. The van der Waals surface area contributed by atoms with Crippen molar-refractivity contribution in [3.8, 4) is 22.6 Å². The Balaban J connectivity index is 2.29. The first-order chi connectivity index (χ1) is 10.3. The van der Waals surface area contributed by atoms with E-state index in [1.807, 2.05) is 18.2 Å². The zero-order chi connectivity index (χ0) is 15.1. The lowest BCUT2D eigenvalue weighted by atomic mass is 9.96. The van der Waals surface area contributed by atoms with Crippen molar-refractivity contribution >= 4 is 0 Å². The van der Waals surface area contributed by atoms with Crippen molar-refractivity contribution in [2.75, 3.05) is 13.7 Å². The average Bonchev–Trinajstić information content (AvgIpc) is 2.54. The van der Waals surface area contributed by atoms with Crippen molar-refractivity contribution in [2.45, 2.75) is 19.8 Å². The van der Waals surface area contributed by atoms with E-state index in [-0.39, 0.29) is 0 Å². The minimum absolute atomic E-state index is 0.531. The van der Waals surface area contributed by atoms with Gasteiger partial charge in [0, 0.05) is 0 Å². The summed E-state index contributed by atoms with van der Waals surface area (Å²) in [6.07, 6.45) is 3.90. The van der Waals surface area contributed by atoms with E-state index in [1.165, 1.54) is 16.7 Å². The average molecular weight is 282 g/mol. The Morgan fingerprint density at radius 3 is 2.38 bits per heavy atom. The van der Waals surface area contributed by atoms with Crippen molar-refractivity contribution in [3.05, 3.63) is 60.7 Å². The Morgan fingerprint density at radius 1 is 1.05 bits per heavy atom. The van der Waals surface area contributed by atoms with Gasteiger partial charge in [-0.25, -0.2) is 0 Å². The van der Waals surface area contributed by atoms with Crippen LogP contribution in [0.25, 0.3) is 11.1 Å². The van der Waals surface area contributed by atoms with E-state index < -0.39 is 0 Å². The summed E-state index contributed by atoms with van der Waals surface area (Å²) < 4.78 is 10.8. The van der Waals surface area contributed by atoms with Gasteiger partial charge in [0.2, 0.25) is 0 Å². The first-order valence-corrected chi connectivity index (χ1v) is 7.29. The van der Waals surface area contributed by atoms with Gasteiger partial charge < -0.3 is 9.47 Å². The maximum atomic E-state index is 5.52. The van der Waals surface area contributed by atoms with Crippen molar-refractivity contribution < 1.29 is 9.47 Å². The lowest BCUT2D eigenvalue weighted by Gasteiger charge is -2.12. The van der Waals surface area contributed by atoms with Gasteiger partial charge in [0.05, 0.1) is 7.11 Å². The summed E-state index contributed by atoms with van der Waals surface area (Å²) in [4.78, 5) is 0. The molecule has 0 amide bonds.